The monoisotopic (exact) mass is 512 g/mol. The van der Waals surface area contributed by atoms with Crippen molar-refractivity contribution in [3.63, 3.8) is 0 Å². The standard InChI is InChI=1S/C32H36N2O4/c1-6-33(7-2)26-16-14-23(15-17-26)29-28(30(35)24-10-9-11-27(19-24)38-8-3)31(36)32(37)34(29)20-25-18-21(4)12-13-22(25)5/h9-19,29,35H,6-8,20H2,1-5H3/b30-28-. The van der Waals surface area contributed by atoms with Crippen LogP contribution in [0, 0.1) is 13.8 Å². The van der Waals surface area contributed by atoms with Crippen molar-refractivity contribution in [1.29, 1.82) is 0 Å². The molecule has 1 aliphatic rings. The van der Waals surface area contributed by atoms with Crippen molar-refractivity contribution in [2.45, 2.75) is 47.2 Å². The SMILES string of the molecule is CCOc1cccc(/C(O)=C2/C(=O)C(=O)N(Cc3cc(C)ccc3C)C2c2ccc(N(CC)CC)cc2)c1. The molecular weight excluding hydrogens is 476 g/mol. The van der Waals surface area contributed by atoms with Crippen LogP contribution in [0.5, 0.6) is 5.75 Å². The van der Waals surface area contributed by atoms with Gasteiger partial charge in [-0.15, -0.1) is 0 Å². The molecule has 0 spiro atoms. The van der Waals surface area contributed by atoms with Crippen LogP contribution in [0.2, 0.25) is 0 Å². The van der Waals surface area contributed by atoms with Crippen molar-refractivity contribution in [3.8, 4) is 5.75 Å². The number of aliphatic hydroxyl groups excluding tert-OH is 1. The topological polar surface area (TPSA) is 70.1 Å². The molecule has 6 heteroatoms. The average molecular weight is 513 g/mol. The number of anilines is 1. The Labute approximate surface area is 225 Å². The van der Waals surface area contributed by atoms with Crippen LogP contribution >= 0.6 is 0 Å². The Bertz CT molecular complexity index is 1360. The zero-order valence-electron chi connectivity index (χ0n) is 22.8. The molecule has 1 amide bonds. The quantitative estimate of drug-likeness (QED) is 0.211. The highest BCUT2D eigenvalue weighted by Crippen LogP contribution is 2.41. The fourth-order valence-electron chi connectivity index (χ4n) is 5.06. The summed E-state index contributed by atoms with van der Waals surface area (Å²) in [5, 5.41) is 11.5. The second kappa shape index (κ2) is 11.5. The number of aliphatic hydroxyl groups is 1. The third-order valence-electron chi connectivity index (χ3n) is 7.14. The normalized spacial score (nSPS) is 16.7. The van der Waals surface area contributed by atoms with E-state index in [2.05, 4.69) is 18.7 Å². The van der Waals surface area contributed by atoms with Crippen LogP contribution in [0.1, 0.15) is 54.6 Å². The maximum atomic E-state index is 13.5. The molecule has 1 fully saturated rings. The average Bonchev–Trinajstić information content (AvgIpc) is 3.16. The van der Waals surface area contributed by atoms with Crippen LogP contribution in [0.15, 0.2) is 72.3 Å². The second-order valence-electron chi connectivity index (χ2n) is 9.58. The van der Waals surface area contributed by atoms with E-state index in [0.717, 1.165) is 41.0 Å². The van der Waals surface area contributed by atoms with Crippen LogP contribution < -0.4 is 9.64 Å². The third kappa shape index (κ3) is 5.30. The molecule has 38 heavy (non-hydrogen) atoms. The molecule has 1 atom stereocenters. The predicted molar refractivity (Wildman–Crippen MR) is 151 cm³/mol. The summed E-state index contributed by atoms with van der Waals surface area (Å²) in [7, 11) is 0. The lowest BCUT2D eigenvalue weighted by atomic mass is 9.94. The number of aryl methyl sites for hydroxylation is 2. The van der Waals surface area contributed by atoms with Gasteiger partial charge in [-0.2, -0.15) is 0 Å². The number of benzene rings is 3. The molecule has 1 heterocycles. The van der Waals surface area contributed by atoms with Gasteiger partial charge in [-0.25, -0.2) is 0 Å². The number of ether oxygens (including phenoxy) is 1. The first kappa shape index (κ1) is 27.0. The summed E-state index contributed by atoms with van der Waals surface area (Å²) < 4.78 is 5.60. The van der Waals surface area contributed by atoms with Gasteiger partial charge in [0.15, 0.2) is 0 Å². The minimum atomic E-state index is -0.726. The summed E-state index contributed by atoms with van der Waals surface area (Å²) in [6, 6.07) is 20.3. The number of ketones is 1. The molecule has 0 bridgehead atoms. The summed E-state index contributed by atoms with van der Waals surface area (Å²) in [6.07, 6.45) is 0. The molecule has 1 unspecified atom stereocenters. The van der Waals surface area contributed by atoms with E-state index >= 15 is 0 Å². The maximum Gasteiger partial charge on any atom is 0.295 e. The molecule has 3 aromatic rings. The van der Waals surface area contributed by atoms with Gasteiger partial charge >= 0.3 is 0 Å². The highest BCUT2D eigenvalue weighted by atomic mass is 16.5. The van der Waals surface area contributed by atoms with Crippen molar-refractivity contribution < 1.29 is 19.4 Å². The maximum absolute atomic E-state index is 13.5. The van der Waals surface area contributed by atoms with Gasteiger partial charge in [0.1, 0.15) is 11.5 Å². The fraction of sp³-hybridized carbons (Fsp3) is 0.312. The largest absolute Gasteiger partial charge is 0.507 e. The number of rotatable bonds is 9. The molecule has 6 nitrogen and oxygen atoms in total. The highest BCUT2D eigenvalue weighted by Gasteiger charge is 2.46. The van der Waals surface area contributed by atoms with Gasteiger partial charge in [0.2, 0.25) is 0 Å². The molecule has 3 aromatic carbocycles. The van der Waals surface area contributed by atoms with Crippen molar-refractivity contribution in [3.05, 3.63) is 100 Å². The Morgan fingerprint density at radius 1 is 0.947 bits per heavy atom. The van der Waals surface area contributed by atoms with Crippen LogP contribution in [0.25, 0.3) is 5.76 Å². The Morgan fingerprint density at radius 2 is 1.66 bits per heavy atom. The van der Waals surface area contributed by atoms with E-state index in [9.17, 15) is 14.7 Å². The number of carbonyl (C=O) groups is 2. The molecule has 1 N–H and O–H groups in total. The Hall–Kier alpha value is -4.06. The van der Waals surface area contributed by atoms with E-state index in [0.29, 0.717) is 17.9 Å². The van der Waals surface area contributed by atoms with Gasteiger partial charge in [0, 0.05) is 30.9 Å². The Kier molecular flexibility index (Phi) is 8.20. The van der Waals surface area contributed by atoms with Crippen molar-refractivity contribution in [1.82, 2.24) is 4.90 Å². The first-order valence-electron chi connectivity index (χ1n) is 13.2. The third-order valence-corrected chi connectivity index (χ3v) is 7.14. The van der Waals surface area contributed by atoms with E-state index in [4.69, 9.17) is 4.74 Å². The molecule has 4 rings (SSSR count). The van der Waals surface area contributed by atoms with Crippen molar-refractivity contribution in [2.24, 2.45) is 0 Å². The number of Topliss-reactive ketones (excluding diaryl/α,β-unsaturated/α-hetero) is 1. The zero-order valence-corrected chi connectivity index (χ0v) is 22.8. The first-order valence-corrected chi connectivity index (χ1v) is 13.2. The predicted octanol–water partition coefficient (Wildman–Crippen LogP) is 6.17. The van der Waals surface area contributed by atoms with E-state index in [1.807, 2.05) is 63.2 Å². The molecule has 0 radical (unpaired) electrons. The molecule has 198 valence electrons. The van der Waals surface area contributed by atoms with Gasteiger partial charge in [-0.3, -0.25) is 9.59 Å². The molecule has 0 aliphatic carbocycles. The minimum Gasteiger partial charge on any atom is -0.507 e. The number of amides is 1. The van der Waals surface area contributed by atoms with Gasteiger partial charge in [-0.1, -0.05) is 48.0 Å². The van der Waals surface area contributed by atoms with Crippen LogP contribution in [-0.2, 0) is 16.1 Å². The Morgan fingerprint density at radius 3 is 2.32 bits per heavy atom. The lowest BCUT2D eigenvalue weighted by Crippen LogP contribution is -2.29. The molecular formula is C32H36N2O4. The molecule has 1 saturated heterocycles. The number of nitrogens with zero attached hydrogens (tertiary/aromatic N) is 2. The summed E-state index contributed by atoms with van der Waals surface area (Å²) in [5.41, 5.74) is 5.44. The minimum absolute atomic E-state index is 0.0875. The van der Waals surface area contributed by atoms with Gasteiger partial charge in [-0.05, 0) is 75.6 Å². The summed E-state index contributed by atoms with van der Waals surface area (Å²) >= 11 is 0. The summed E-state index contributed by atoms with van der Waals surface area (Å²) in [4.78, 5) is 30.8. The van der Waals surface area contributed by atoms with Gasteiger partial charge in [0.25, 0.3) is 11.7 Å². The first-order chi connectivity index (χ1) is 18.3. The number of hydrogen-bond donors (Lipinski definition) is 1. The smallest absolute Gasteiger partial charge is 0.295 e. The summed E-state index contributed by atoms with van der Waals surface area (Å²) in [5.74, 6) is -0.925. The second-order valence-corrected chi connectivity index (χ2v) is 9.58. The number of carbonyl (C=O) groups excluding carboxylic acids is 2. The van der Waals surface area contributed by atoms with Crippen LogP contribution in [0.3, 0.4) is 0 Å². The van der Waals surface area contributed by atoms with E-state index in [1.165, 1.54) is 0 Å². The van der Waals surface area contributed by atoms with Crippen LogP contribution in [-0.4, -0.2) is 41.4 Å². The van der Waals surface area contributed by atoms with E-state index in [1.54, 1.807) is 29.2 Å². The van der Waals surface area contributed by atoms with E-state index in [-0.39, 0.29) is 17.9 Å². The number of likely N-dealkylation sites (tertiary alicyclic amines) is 1. The number of hydrogen-bond acceptors (Lipinski definition) is 5. The zero-order chi connectivity index (χ0) is 27.4. The van der Waals surface area contributed by atoms with Crippen LogP contribution in [0.4, 0.5) is 5.69 Å². The molecule has 0 saturated carbocycles. The lowest BCUT2D eigenvalue weighted by molar-refractivity contribution is -0.140. The van der Waals surface area contributed by atoms with Gasteiger partial charge < -0.3 is 19.6 Å². The molecule has 0 aromatic heterocycles. The van der Waals surface area contributed by atoms with Crippen molar-refractivity contribution in [2.75, 3.05) is 24.6 Å². The fourth-order valence-corrected chi connectivity index (χ4v) is 5.06. The Balaban J connectivity index is 1.85. The van der Waals surface area contributed by atoms with Gasteiger partial charge in [0.05, 0.1) is 18.2 Å². The summed E-state index contributed by atoms with van der Waals surface area (Å²) in [6.45, 7) is 12.6. The molecule has 1 aliphatic heterocycles. The van der Waals surface area contributed by atoms with E-state index < -0.39 is 17.7 Å². The van der Waals surface area contributed by atoms with Crippen molar-refractivity contribution >= 4 is 23.1 Å². The lowest BCUT2D eigenvalue weighted by Gasteiger charge is -2.27. The highest BCUT2D eigenvalue weighted by molar-refractivity contribution is 6.46.